The Morgan fingerprint density at radius 3 is 3.00 bits per heavy atom. The molecule has 6 heteroatoms. The van der Waals surface area contributed by atoms with Crippen LogP contribution in [0, 0.1) is 5.92 Å². The molecule has 0 aromatic carbocycles. The van der Waals surface area contributed by atoms with Gasteiger partial charge in [-0.05, 0) is 5.92 Å². The van der Waals surface area contributed by atoms with E-state index >= 15 is 0 Å². The van der Waals surface area contributed by atoms with E-state index in [4.69, 9.17) is 14.4 Å². The zero-order valence-corrected chi connectivity index (χ0v) is 9.47. The molecule has 16 heavy (non-hydrogen) atoms. The molecule has 0 amide bonds. The van der Waals surface area contributed by atoms with E-state index < -0.39 is 5.97 Å². The van der Waals surface area contributed by atoms with Gasteiger partial charge in [0.1, 0.15) is 0 Å². The van der Waals surface area contributed by atoms with E-state index in [1.54, 1.807) is 7.11 Å². The number of aromatic nitrogens is 2. The van der Waals surface area contributed by atoms with Crippen LogP contribution in [0.15, 0.2) is 4.52 Å². The van der Waals surface area contributed by atoms with E-state index in [0.29, 0.717) is 31.2 Å². The highest BCUT2D eigenvalue weighted by Crippen LogP contribution is 2.10. The summed E-state index contributed by atoms with van der Waals surface area (Å²) in [5, 5.41) is 12.4. The van der Waals surface area contributed by atoms with Crippen LogP contribution in [0.3, 0.4) is 0 Å². The molecule has 1 aromatic heterocycles. The molecule has 1 N–H and O–H groups in total. The molecule has 0 fully saturated rings. The predicted molar refractivity (Wildman–Crippen MR) is 55.0 cm³/mol. The summed E-state index contributed by atoms with van der Waals surface area (Å²) in [6.07, 6.45) is 1.20. The number of carboxylic acid groups (broad SMARTS) is 1. The van der Waals surface area contributed by atoms with Crippen molar-refractivity contribution in [1.82, 2.24) is 10.1 Å². The summed E-state index contributed by atoms with van der Waals surface area (Å²) in [5.41, 5.74) is 0. The Kier molecular flexibility index (Phi) is 4.91. The molecule has 0 radical (unpaired) electrons. The molecule has 0 aliphatic carbocycles. The summed E-state index contributed by atoms with van der Waals surface area (Å²) in [4.78, 5) is 14.6. The highest BCUT2D eigenvalue weighted by atomic mass is 16.5. The lowest BCUT2D eigenvalue weighted by atomic mass is 10.0. The first-order valence-corrected chi connectivity index (χ1v) is 5.14. The van der Waals surface area contributed by atoms with Crippen molar-refractivity contribution in [2.75, 3.05) is 13.7 Å². The SMILES string of the molecule is COCCc1noc(CC(C)CC(=O)O)n1. The molecule has 0 saturated heterocycles. The molecule has 0 spiro atoms. The highest BCUT2D eigenvalue weighted by Gasteiger charge is 2.13. The highest BCUT2D eigenvalue weighted by molar-refractivity contribution is 5.66. The quantitative estimate of drug-likeness (QED) is 0.746. The molecule has 0 aliphatic heterocycles. The molecular weight excluding hydrogens is 212 g/mol. The van der Waals surface area contributed by atoms with E-state index in [1.807, 2.05) is 6.92 Å². The molecular formula is C10H16N2O4. The Morgan fingerprint density at radius 1 is 1.62 bits per heavy atom. The van der Waals surface area contributed by atoms with Crippen molar-refractivity contribution in [3.05, 3.63) is 11.7 Å². The van der Waals surface area contributed by atoms with Gasteiger partial charge < -0.3 is 14.4 Å². The number of carbonyl (C=O) groups is 1. The molecule has 0 bridgehead atoms. The van der Waals surface area contributed by atoms with E-state index in [2.05, 4.69) is 10.1 Å². The first-order chi connectivity index (χ1) is 7.61. The maximum atomic E-state index is 10.5. The number of hydrogen-bond acceptors (Lipinski definition) is 5. The second-order valence-electron chi connectivity index (χ2n) is 3.75. The zero-order chi connectivity index (χ0) is 12.0. The van der Waals surface area contributed by atoms with Crippen LogP contribution in [-0.4, -0.2) is 34.9 Å². The molecule has 1 heterocycles. The van der Waals surface area contributed by atoms with Crippen molar-refractivity contribution in [3.8, 4) is 0 Å². The van der Waals surface area contributed by atoms with Crippen LogP contribution in [0.25, 0.3) is 0 Å². The number of carboxylic acids is 1. The Balaban J connectivity index is 2.42. The molecule has 0 aliphatic rings. The normalized spacial score (nSPS) is 12.6. The second-order valence-corrected chi connectivity index (χ2v) is 3.75. The van der Waals surface area contributed by atoms with Gasteiger partial charge in [0, 0.05) is 26.4 Å². The second kappa shape index (κ2) is 6.22. The van der Waals surface area contributed by atoms with E-state index in [0.717, 1.165) is 0 Å². The summed E-state index contributed by atoms with van der Waals surface area (Å²) >= 11 is 0. The average molecular weight is 228 g/mol. The third-order valence-corrected chi connectivity index (χ3v) is 2.09. The fraction of sp³-hybridized carbons (Fsp3) is 0.700. The number of methoxy groups -OCH3 is 1. The van der Waals surface area contributed by atoms with Gasteiger partial charge in [-0.1, -0.05) is 12.1 Å². The summed E-state index contributed by atoms with van der Waals surface area (Å²) in [6.45, 7) is 2.39. The molecule has 1 rings (SSSR count). The largest absolute Gasteiger partial charge is 0.481 e. The number of aliphatic carboxylic acids is 1. The van der Waals surface area contributed by atoms with Crippen LogP contribution in [0.1, 0.15) is 25.1 Å². The summed E-state index contributed by atoms with van der Waals surface area (Å²) in [7, 11) is 1.61. The van der Waals surface area contributed by atoms with Crippen LogP contribution in [0.4, 0.5) is 0 Å². The van der Waals surface area contributed by atoms with Crippen molar-refractivity contribution in [2.45, 2.75) is 26.2 Å². The van der Waals surface area contributed by atoms with Gasteiger partial charge >= 0.3 is 5.97 Å². The Hall–Kier alpha value is -1.43. The fourth-order valence-corrected chi connectivity index (χ4v) is 1.34. The minimum Gasteiger partial charge on any atom is -0.481 e. The predicted octanol–water partition coefficient (Wildman–Crippen LogP) is 0.912. The van der Waals surface area contributed by atoms with Gasteiger partial charge in [-0.2, -0.15) is 4.98 Å². The van der Waals surface area contributed by atoms with Gasteiger partial charge in [-0.15, -0.1) is 0 Å². The summed E-state index contributed by atoms with van der Waals surface area (Å²) in [6, 6.07) is 0. The van der Waals surface area contributed by atoms with Crippen LogP contribution >= 0.6 is 0 Å². The summed E-state index contributed by atoms with van der Waals surface area (Å²) in [5.74, 6) is 0.263. The molecule has 0 saturated carbocycles. The van der Waals surface area contributed by atoms with Crippen LogP contribution in [0.2, 0.25) is 0 Å². The number of hydrogen-bond donors (Lipinski definition) is 1. The average Bonchev–Trinajstić information content (AvgIpc) is 2.61. The van der Waals surface area contributed by atoms with Crippen LogP contribution < -0.4 is 0 Å². The Morgan fingerprint density at radius 2 is 2.38 bits per heavy atom. The van der Waals surface area contributed by atoms with Crippen molar-refractivity contribution in [2.24, 2.45) is 5.92 Å². The van der Waals surface area contributed by atoms with Crippen molar-refractivity contribution in [1.29, 1.82) is 0 Å². The van der Waals surface area contributed by atoms with Gasteiger partial charge in [-0.3, -0.25) is 4.79 Å². The lowest BCUT2D eigenvalue weighted by Gasteiger charge is -2.03. The molecule has 1 aromatic rings. The van der Waals surface area contributed by atoms with Gasteiger partial charge in [0.15, 0.2) is 5.82 Å². The molecule has 6 nitrogen and oxygen atoms in total. The van der Waals surface area contributed by atoms with E-state index in [1.165, 1.54) is 0 Å². The fourth-order valence-electron chi connectivity index (χ4n) is 1.34. The molecule has 1 atom stereocenters. The number of nitrogens with zero attached hydrogens (tertiary/aromatic N) is 2. The monoisotopic (exact) mass is 228 g/mol. The van der Waals surface area contributed by atoms with Gasteiger partial charge in [-0.25, -0.2) is 0 Å². The summed E-state index contributed by atoms with van der Waals surface area (Å²) < 4.78 is 9.89. The first kappa shape index (κ1) is 12.6. The Labute approximate surface area is 93.6 Å². The van der Waals surface area contributed by atoms with Crippen LogP contribution in [0.5, 0.6) is 0 Å². The van der Waals surface area contributed by atoms with Crippen molar-refractivity contribution < 1.29 is 19.2 Å². The maximum absolute atomic E-state index is 10.5. The lowest BCUT2D eigenvalue weighted by molar-refractivity contribution is -0.137. The first-order valence-electron chi connectivity index (χ1n) is 5.14. The molecule has 1 unspecified atom stereocenters. The number of rotatable bonds is 7. The third-order valence-electron chi connectivity index (χ3n) is 2.09. The topological polar surface area (TPSA) is 85.5 Å². The van der Waals surface area contributed by atoms with Crippen molar-refractivity contribution in [3.63, 3.8) is 0 Å². The van der Waals surface area contributed by atoms with E-state index in [9.17, 15) is 4.79 Å². The van der Waals surface area contributed by atoms with Gasteiger partial charge in [0.05, 0.1) is 6.61 Å². The van der Waals surface area contributed by atoms with E-state index in [-0.39, 0.29) is 12.3 Å². The number of ether oxygens (including phenoxy) is 1. The molecule has 90 valence electrons. The van der Waals surface area contributed by atoms with Gasteiger partial charge in [0.2, 0.25) is 5.89 Å². The maximum Gasteiger partial charge on any atom is 0.303 e. The van der Waals surface area contributed by atoms with Gasteiger partial charge in [0.25, 0.3) is 0 Å². The third kappa shape index (κ3) is 4.39. The van der Waals surface area contributed by atoms with Crippen LogP contribution in [-0.2, 0) is 22.4 Å². The zero-order valence-electron chi connectivity index (χ0n) is 9.47. The standard InChI is InChI=1S/C10H16N2O4/c1-7(6-10(13)14)5-9-11-8(12-16-9)3-4-15-2/h7H,3-6H2,1-2H3,(H,13,14). The lowest BCUT2D eigenvalue weighted by Crippen LogP contribution is -2.07. The smallest absolute Gasteiger partial charge is 0.303 e. The minimum absolute atomic E-state index is 0.00627. The van der Waals surface area contributed by atoms with Crippen molar-refractivity contribution >= 4 is 5.97 Å². The minimum atomic E-state index is -0.813. The Bertz CT molecular complexity index is 337.